The summed E-state index contributed by atoms with van der Waals surface area (Å²) in [5, 5.41) is 0. The van der Waals surface area contributed by atoms with Gasteiger partial charge in [-0.1, -0.05) is 42.5 Å². The van der Waals surface area contributed by atoms with Crippen molar-refractivity contribution in [2.45, 2.75) is 19.3 Å². The van der Waals surface area contributed by atoms with Crippen molar-refractivity contribution in [2.24, 2.45) is 5.92 Å². The molecule has 1 aromatic carbocycles. The molecule has 2 rings (SSSR count). The molecule has 0 bridgehead atoms. The Labute approximate surface area is 107 Å². The standard InChI is InChI=1S/C16H16O2/c17-15-8-4-7-14(11-15)12-16(18)10-9-13-5-2-1-3-6-13/h1-6,8-10,14H,7,11-12H2/b10-9+/t14-/m0/s1. The number of hydrogen-bond acceptors (Lipinski definition) is 2. The SMILES string of the molecule is O=C1C=CC[C@H](CC(=O)/C=C/c2ccccc2)C1. The molecule has 0 amide bonds. The lowest BCUT2D eigenvalue weighted by molar-refractivity contribution is -0.117. The van der Waals surface area contributed by atoms with E-state index in [2.05, 4.69) is 0 Å². The van der Waals surface area contributed by atoms with E-state index in [-0.39, 0.29) is 17.5 Å². The quantitative estimate of drug-likeness (QED) is 0.757. The summed E-state index contributed by atoms with van der Waals surface area (Å²) in [6, 6.07) is 9.73. The maximum absolute atomic E-state index is 11.8. The number of ketones is 2. The fraction of sp³-hybridized carbons (Fsp3) is 0.250. The van der Waals surface area contributed by atoms with E-state index >= 15 is 0 Å². The Bertz CT molecular complexity index is 483. The third-order valence-corrected chi connectivity index (χ3v) is 3.01. The van der Waals surface area contributed by atoms with Crippen LogP contribution in [0.25, 0.3) is 6.08 Å². The zero-order valence-corrected chi connectivity index (χ0v) is 10.2. The summed E-state index contributed by atoms with van der Waals surface area (Å²) in [6.07, 6.45) is 8.70. The van der Waals surface area contributed by atoms with E-state index in [1.807, 2.05) is 42.5 Å². The molecule has 1 aliphatic carbocycles. The molecular weight excluding hydrogens is 224 g/mol. The maximum Gasteiger partial charge on any atom is 0.156 e. The molecule has 1 aromatic rings. The van der Waals surface area contributed by atoms with Gasteiger partial charge in [-0.3, -0.25) is 9.59 Å². The minimum atomic E-state index is 0.0898. The molecule has 0 aliphatic heterocycles. The fourth-order valence-corrected chi connectivity index (χ4v) is 2.09. The molecule has 2 nitrogen and oxygen atoms in total. The monoisotopic (exact) mass is 240 g/mol. The molecule has 0 heterocycles. The summed E-state index contributed by atoms with van der Waals surface area (Å²) in [4.78, 5) is 23.0. The van der Waals surface area contributed by atoms with Gasteiger partial charge in [0, 0.05) is 12.8 Å². The minimum Gasteiger partial charge on any atom is -0.295 e. The molecule has 0 saturated heterocycles. The molecular formula is C16H16O2. The van der Waals surface area contributed by atoms with Gasteiger partial charge in [-0.2, -0.15) is 0 Å². The van der Waals surface area contributed by atoms with E-state index in [0.717, 1.165) is 12.0 Å². The van der Waals surface area contributed by atoms with Crippen molar-refractivity contribution in [1.82, 2.24) is 0 Å². The van der Waals surface area contributed by atoms with Crippen LogP contribution in [0.4, 0.5) is 0 Å². The Morgan fingerprint density at radius 3 is 2.78 bits per heavy atom. The van der Waals surface area contributed by atoms with E-state index in [1.165, 1.54) is 0 Å². The molecule has 2 heteroatoms. The van der Waals surface area contributed by atoms with Crippen LogP contribution >= 0.6 is 0 Å². The predicted octanol–water partition coefficient (Wildman–Crippen LogP) is 3.19. The van der Waals surface area contributed by atoms with E-state index in [4.69, 9.17) is 0 Å². The smallest absolute Gasteiger partial charge is 0.156 e. The lowest BCUT2D eigenvalue weighted by atomic mass is 9.89. The van der Waals surface area contributed by atoms with Gasteiger partial charge in [0.05, 0.1) is 0 Å². The molecule has 0 aromatic heterocycles. The van der Waals surface area contributed by atoms with Gasteiger partial charge in [0.15, 0.2) is 11.6 Å². The Hall–Kier alpha value is -1.96. The predicted molar refractivity (Wildman–Crippen MR) is 72.0 cm³/mol. The third-order valence-electron chi connectivity index (χ3n) is 3.01. The lowest BCUT2D eigenvalue weighted by Gasteiger charge is -2.14. The number of carbonyl (C=O) groups is 2. The molecule has 0 unspecified atom stereocenters. The van der Waals surface area contributed by atoms with Gasteiger partial charge in [0.2, 0.25) is 0 Å². The Morgan fingerprint density at radius 1 is 1.28 bits per heavy atom. The number of benzene rings is 1. The first-order chi connectivity index (χ1) is 8.74. The summed E-state index contributed by atoms with van der Waals surface area (Å²) < 4.78 is 0. The van der Waals surface area contributed by atoms with Crippen LogP contribution < -0.4 is 0 Å². The molecule has 92 valence electrons. The van der Waals surface area contributed by atoms with Crippen LogP contribution in [0, 0.1) is 5.92 Å². The highest BCUT2D eigenvalue weighted by atomic mass is 16.1. The van der Waals surface area contributed by atoms with E-state index in [0.29, 0.717) is 12.8 Å². The largest absolute Gasteiger partial charge is 0.295 e. The molecule has 0 spiro atoms. The van der Waals surface area contributed by atoms with Crippen LogP contribution in [-0.4, -0.2) is 11.6 Å². The van der Waals surface area contributed by atoms with Gasteiger partial charge < -0.3 is 0 Å². The van der Waals surface area contributed by atoms with Crippen molar-refractivity contribution in [1.29, 1.82) is 0 Å². The summed E-state index contributed by atoms with van der Waals surface area (Å²) >= 11 is 0. The van der Waals surface area contributed by atoms with Crippen molar-refractivity contribution in [2.75, 3.05) is 0 Å². The number of allylic oxidation sites excluding steroid dienone is 3. The highest BCUT2D eigenvalue weighted by Gasteiger charge is 2.17. The van der Waals surface area contributed by atoms with E-state index in [1.54, 1.807) is 12.2 Å². The normalized spacial score (nSPS) is 19.3. The van der Waals surface area contributed by atoms with Gasteiger partial charge in [-0.05, 0) is 30.1 Å². The highest BCUT2D eigenvalue weighted by Crippen LogP contribution is 2.20. The van der Waals surface area contributed by atoms with Gasteiger partial charge in [0.1, 0.15) is 0 Å². The van der Waals surface area contributed by atoms with Crippen molar-refractivity contribution in [3.63, 3.8) is 0 Å². The summed E-state index contributed by atoms with van der Waals surface area (Å²) in [5.41, 5.74) is 1.02. The number of carbonyl (C=O) groups excluding carboxylic acids is 2. The first-order valence-electron chi connectivity index (χ1n) is 6.19. The van der Waals surface area contributed by atoms with Crippen LogP contribution in [-0.2, 0) is 9.59 Å². The second kappa shape index (κ2) is 6.10. The zero-order chi connectivity index (χ0) is 12.8. The van der Waals surface area contributed by atoms with Gasteiger partial charge in [-0.25, -0.2) is 0 Å². The third kappa shape index (κ3) is 3.81. The fourth-order valence-electron chi connectivity index (χ4n) is 2.09. The van der Waals surface area contributed by atoms with Crippen molar-refractivity contribution in [3.05, 3.63) is 54.1 Å². The average Bonchev–Trinajstić information content (AvgIpc) is 2.38. The molecule has 0 radical (unpaired) electrons. The number of hydrogen-bond donors (Lipinski definition) is 0. The summed E-state index contributed by atoms with van der Waals surface area (Å²) in [7, 11) is 0. The first kappa shape index (κ1) is 12.5. The molecule has 0 fully saturated rings. The molecule has 18 heavy (non-hydrogen) atoms. The average molecular weight is 240 g/mol. The van der Waals surface area contributed by atoms with Crippen molar-refractivity contribution >= 4 is 17.6 Å². The number of rotatable bonds is 4. The molecule has 0 N–H and O–H groups in total. The van der Waals surface area contributed by atoms with E-state index in [9.17, 15) is 9.59 Å². The molecule has 1 atom stereocenters. The first-order valence-corrected chi connectivity index (χ1v) is 6.19. The highest BCUT2D eigenvalue weighted by molar-refractivity contribution is 5.95. The molecule has 0 saturated carbocycles. The van der Waals surface area contributed by atoms with Crippen LogP contribution in [0.15, 0.2) is 48.6 Å². The van der Waals surface area contributed by atoms with Gasteiger partial charge in [-0.15, -0.1) is 0 Å². The minimum absolute atomic E-state index is 0.0898. The van der Waals surface area contributed by atoms with Crippen LogP contribution in [0.1, 0.15) is 24.8 Å². The van der Waals surface area contributed by atoms with Gasteiger partial charge >= 0.3 is 0 Å². The van der Waals surface area contributed by atoms with Crippen LogP contribution in [0.3, 0.4) is 0 Å². The maximum atomic E-state index is 11.8. The van der Waals surface area contributed by atoms with Crippen molar-refractivity contribution in [3.8, 4) is 0 Å². The van der Waals surface area contributed by atoms with Crippen molar-refractivity contribution < 1.29 is 9.59 Å². The van der Waals surface area contributed by atoms with Crippen LogP contribution in [0.2, 0.25) is 0 Å². The topological polar surface area (TPSA) is 34.1 Å². The summed E-state index contributed by atoms with van der Waals surface area (Å²) in [6.45, 7) is 0. The molecule has 1 aliphatic rings. The second-order valence-corrected chi connectivity index (χ2v) is 4.59. The Morgan fingerprint density at radius 2 is 2.06 bits per heavy atom. The zero-order valence-electron chi connectivity index (χ0n) is 10.2. The Balaban J connectivity index is 1.87. The van der Waals surface area contributed by atoms with Crippen LogP contribution in [0.5, 0.6) is 0 Å². The summed E-state index contributed by atoms with van der Waals surface area (Å²) in [5.74, 6) is 0.397. The van der Waals surface area contributed by atoms with E-state index < -0.39 is 0 Å². The Kier molecular flexibility index (Phi) is 4.24. The van der Waals surface area contributed by atoms with Gasteiger partial charge in [0.25, 0.3) is 0 Å². The second-order valence-electron chi connectivity index (χ2n) is 4.59. The lowest BCUT2D eigenvalue weighted by Crippen LogP contribution is -2.13.